The second-order valence-corrected chi connectivity index (χ2v) is 8.57. The van der Waals surface area contributed by atoms with E-state index >= 15 is 0 Å². The number of sulfonamides is 1. The normalized spacial score (nSPS) is 14.4. The fourth-order valence-electron chi connectivity index (χ4n) is 2.89. The predicted molar refractivity (Wildman–Crippen MR) is 113 cm³/mol. The fourth-order valence-corrected chi connectivity index (χ4v) is 4.29. The summed E-state index contributed by atoms with van der Waals surface area (Å²) >= 11 is 0. The molecule has 158 valence electrons. The van der Waals surface area contributed by atoms with Gasteiger partial charge in [0, 0.05) is 18.7 Å². The van der Waals surface area contributed by atoms with Gasteiger partial charge in [-0.2, -0.15) is 4.31 Å². The van der Waals surface area contributed by atoms with Gasteiger partial charge in [-0.05, 0) is 42.8 Å². The molecule has 0 aromatic heterocycles. The summed E-state index contributed by atoms with van der Waals surface area (Å²) < 4.78 is 37.4. The molecule has 0 unspecified atom stereocenters. The average Bonchev–Trinajstić information content (AvgIpc) is 2.78. The Morgan fingerprint density at radius 2 is 1.80 bits per heavy atom. The summed E-state index contributed by atoms with van der Waals surface area (Å²) in [6, 6.07) is 13.6. The number of nitrogens with one attached hydrogen (secondary N) is 1. The van der Waals surface area contributed by atoms with Crippen molar-refractivity contribution in [1.29, 1.82) is 0 Å². The van der Waals surface area contributed by atoms with Gasteiger partial charge in [0.2, 0.25) is 10.0 Å². The molecule has 0 aliphatic carbocycles. The highest BCUT2D eigenvalue weighted by atomic mass is 32.2. The van der Waals surface area contributed by atoms with Crippen LogP contribution in [0.15, 0.2) is 53.4 Å². The van der Waals surface area contributed by atoms with Crippen LogP contribution in [-0.4, -0.2) is 58.1 Å². The molecular weight excluding hydrogens is 404 g/mol. The number of amides is 1. The summed E-state index contributed by atoms with van der Waals surface area (Å²) in [5.74, 6) is 6.14. The Kier molecular flexibility index (Phi) is 7.46. The first kappa shape index (κ1) is 21.8. The molecule has 0 spiro atoms. The summed E-state index contributed by atoms with van der Waals surface area (Å²) in [5, 5.41) is 2.69. The number of aryl methyl sites for hydroxylation is 1. The van der Waals surface area contributed by atoms with Crippen LogP contribution in [0.3, 0.4) is 0 Å². The van der Waals surface area contributed by atoms with Gasteiger partial charge in [-0.15, -0.1) is 0 Å². The van der Waals surface area contributed by atoms with Crippen LogP contribution in [0.4, 0.5) is 0 Å². The van der Waals surface area contributed by atoms with E-state index in [1.54, 1.807) is 0 Å². The van der Waals surface area contributed by atoms with Crippen molar-refractivity contribution < 1.29 is 22.7 Å². The highest BCUT2D eigenvalue weighted by molar-refractivity contribution is 7.89. The molecule has 3 rings (SSSR count). The lowest BCUT2D eigenvalue weighted by molar-refractivity contribution is 0.0730. The number of hydrogen-bond acceptors (Lipinski definition) is 5. The molecule has 1 N–H and O–H groups in total. The third-order valence-electron chi connectivity index (χ3n) is 4.58. The van der Waals surface area contributed by atoms with Gasteiger partial charge >= 0.3 is 0 Å². The molecule has 1 fully saturated rings. The summed E-state index contributed by atoms with van der Waals surface area (Å²) in [5.41, 5.74) is 1.40. The SMILES string of the molecule is Cc1ccccc1OCC#CCNC(=O)c1ccc(S(=O)(=O)N2CCOCC2)cc1. The van der Waals surface area contributed by atoms with Crippen molar-refractivity contribution in [2.45, 2.75) is 11.8 Å². The van der Waals surface area contributed by atoms with E-state index < -0.39 is 10.0 Å². The van der Waals surface area contributed by atoms with Crippen LogP contribution in [0.2, 0.25) is 0 Å². The molecule has 0 bridgehead atoms. The minimum Gasteiger partial charge on any atom is -0.481 e. The summed E-state index contributed by atoms with van der Waals surface area (Å²) in [4.78, 5) is 12.4. The minimum atomic E-state index is -3.57. The summed E-state index contributed by atoms with van der Waals surface area (Å²) in [6.45, 7) is 3.79. The molecule has 1 amide bonds. The van der Waals surface area contributed by atoms with Gasteiger partial charge in [0.15, 0.2) is 0 Å². The maximum Gasteiger partial charge on any atom is 0.252 e. The highest BCUT2D eigenvalue weighted by Gasteiger charge is 2.26. The van der Waals surface area contributed by atoms with E-state index in [1.165, 1.54) is 28.6 Å². The Morgan fingerprint density at radius 3 is 2.50 bits per heavy atom. The average molecular weight is 429 g/mol. The minimum absolute atomic E-state index is 0.161. The maximum absolute atomic E-state index is 12.6. The Hall–Kier alpha value is -2.86. The van der Waals surface area contributed by atoms with E-state index in [0.717, 1.165) is 11.3 Å². The van der Waals surface area contributed by atoms with E-state index in [0.29, 0.717) is 31.9 Å². The lowest BCUT2D eigenvalue weighted by Crippen LogP contribution is -2.40. The first-order valence-electron chi connectivity index (χ1n) is 9.59. The number of para-hydroxylation sites is 1. The van der Waals surface area contributed by atoms with Gasteiger partial charge in [0.1, 0.15) is 12.4 Å². The van der Waals surface area contributed by atoms with Crippen molar-refractivity contribution in [3.63, 3.8) is 0 Å². The van der Waals surface area contributed by atoms with Crippen LogP contribution in [0.5, 0.6) is 5.75 Å². The van der Waals surface area contributed by atoms with Crippen molar-refractivity contribution in [3.05, 3.63) is 59.7 Å². The Balaban J connectivity index is 1.49. The van der Waals surface area contributed by atoms with Crippen LogP contribution in [0.25, 0.3) is 0 Å². The van der Waals surface area contributed by atoms with E-state index in [2.05, 4.69) is 17.2 Å². The number of rotatable bonds is 6. The zero-order valence-corrected chi connectivity index (χ0v) is 17.6. The Morgan fingerprint density at radius 1 is 1.10 bits per heavy atom. The number of morpholine rings is 1. The molecule has 1 aliphatic rings. The van der Waals surface area contributed by atoms with Crippen molar-refractivity contribution in [3.8, 4) is 17.6 Å². The van der Waals surface area contributed by atoms with Crippen LogP contribution in [-0.2, 0) is 14.8 Å². The summed E-state index contributed by atoms with van der Waals surface area (Å²) in [6.07, 6.45) is 0. The van der Waals surface area contributed by atoms with Crippen molar-refractivity contribution in [2.24, 2.45) is 0 Å². The third kappa shape index (κ3) is 5.60. The van der Waals surface area contributed by atoms with Gasteiger partial charge in [-0.1, -0.05) is 30.0 Å². The number of hydrogen-bond donors (Lipinski definition) is 1. The third-order valence-corrected chi connectivity index (χ3v) is 6.49. The number of ether oxygens (including phenoxy) is 2. The molecule has 1 saturated heterocycles. The monoisotopic (exact) mass is 428 g/mol. The first-order chi connectivity index (χ1) is 14.5. The second kappa shape index (κ2) is 10.3. The van der Waals surface area contributed by atoms with Gasteiger partial charge in [0.25, 0.3) is 5.91 Å². The molecule has 7 nitrogen and oxygen atoms in total. The molecule has 30 heavy (non-hydrogen) atoms. The molecular formula is C22H24N2O5S. The largest absolute Gasteiger partial charge is 0.481 e. The van der Waals surface area contributed by atoms with Crippen molar-refractivity contribution in [2.75, 3.05) is 39.5 Å². The van der Waals surface area contributed by atoms with Crippen LogP contribution in [0.1, 0.15) is 15.9 Å². The van der Waals surface area contributed by atoms with E-state index in [4.69, 9.17) is 9.47 Å². The van der Waals surface area contributed by atoms with Gasteiger partial charge in [-0.3, -0.25) is 4.79 Å². The molecule has 0 saturated carbocycles. The maximum atomic E-state index is 12.6. The number of carbonyl (C=O) groups is 1. The van der Waals surface area contributed by atoms with Gasteiger partial charge < -0.3 is 14.8 Å². The van der Waals surface area contributed by atoms with Crippen LogP contribution in [0, 0.1) is 18.8 Å². The van der Waals surface area contributed by atoms with Crippen LogP contribution < -0.4 is 10.1 Å². The number of carbonyl (C=O) groups excluding carboxylic acids is 1. The quantitative estimate of drug-likeness (QED) is 0.710. The predicted octanol–water partition coefficient (Wildman–Crippen LogP) is 1.83. The first-order valence-corrected chi connectivity index (χ1v) is 11.0. The highest BCUT2D eigenvalue weighted by Crippen LogP contribution is 2.18. The number of benzene rings is 2. The molecule has 2 aromatic carbocycles. The molecule has 0 radical (unpaired) electrons. The Bertz CT molecular complexity index is 1030. The smallest absolute Gasteiger partial charge is 0.252 e. The molecule has 2 aromatic rings. The van der Waals surface area contributed by atoms with E-state index in [9.17, 15) is 13.2 Å². The zero-order chi connectivity index (χ0) is 21.4. The van der Waals surface area contributed by atoms with Crippen molar-refractivity contribution >= 4 is 15.9 Å². The van der Waals surface area contributed by atoms with E-state index in [1.807, 2.05) is 31.2 Å². The topological polar surface area (TPSA) is 84.9 Å². The van der Waals surface area contributed by atoms with Gasteiger partial charge in [-0.25, -0.2) is 8.42 Å². The van der Waals surface area contributed by atoms with Gasteiger partial charge in [0.05, 0.1) is 24.7 Å². The second-order valence-electron chi connectivity index (χ2n) is 6.63. The Labute approximate surface area is 177 Å². The van der Waals surface area contributed by atoms with Crippen LogP contribution >= 0.6 is 0 Å². The number of nitrogens with zero attached hydrogens (tertiary/aromatic N) is 1. The molecule has 8 heteroatoms. The molecule has 0 atom stereocenters. The van der Waals surface area contributed by atoms with E-state index in [-0.39, 0.29) is 24.0 Å². The molecule has 1 heterocycles. The standard InChI is InChI=1S/C22H24N2O5S/c1-18-6-2-3-7-21(18)29-15-5-4-12-23-22(25)19-8-10-20(11-9-19)30(26,27)24-13-16-28-17-14-24/h2-3,6-11H,12-17H2,1H3,(H,23,25). The molecule has 1 aliphatic heterocycles. The lowest BCUT2D eigenvalue weighted by Gasteiger charge is -2.26. The fraction of sp³-hybridized carbons (Fsp3) is 0.318. The lowest BCUT2D eigenvalue weighted by atomic mass is 10.2. The van der Waals surface area contributed by atoms with Crippen molar-refractivity contribution in [1.82, 2.24) is 9.62 Å². The summed E-state index contributed by atoms with van der Waals surface area (Å²) in [7, 11) is -3.57. The zero-order valence-electron chi connectivity index (χ0n) is 16.8.